The van der Waals surface area contributed by atoms with Gasteiger partial charge in [-0.25, -0.2) is 4.98 Å². The minimum atomic E-state index is -0.693. The summed E-state index contributed by atoms with van der Waals surface area (Å²) in [6.07, 6.45) is 0.864. The lowest BCUT2D eigenvalue weighted by atomic mass is 10.1. The number of carbonyl (C=O) groups is 1. The van der Waals surface area contributed by atoms with Crippen LogP contribution in [0.4, 0.5) is 0 Å². The number of thiophene rings is 1. The number of primary amides is 1. The van der Waals surface area contributed by atoms with E-state index in [1.807, 2.05) is 26.8 Å². The Hall–Kier alpha value is -1.69. The average molecular weight is 293 g/mol. The Labute approximate surface area is 121 Å². The highest BCUT2D eigenvalue weighted by molar-refractivity contribution is 7.18. The smallest absolute Gasteiger partial charge is 0.263 e. The minimum absolute atomic E-state index is 0.0427. The zero-order valence-electron chi connectivity index (χ0n) is 12.1. The number of aromatic nitrogens is 2. The predicted molar refractivity (Wildman–Crippen MR) is 81.3 cm³/mol. The molecule has 20 heavy (non-hydrogen) atoms. The zero-order chi connectivity index (χ0) is 15.0. The lowest BCUT2D eigenvalue weighted by Crippen LogP contribution is -2.35. The first-order valence-electron chi connectivity index (χ1n) is 6.71. The number of amides is 1. The van der Waals surface area contributed by atoms with Crippen LogP contribution in [0, 0.1) is 0 Å². The van der Waals surface area contributed by atoms with E-state index in [4.69, 9.17) is 5.73 Å². The molecule has 1 amide bonds. The van der Waals surface area contributed by atoms with Crippen molar-refractivity contribution >= 4 is 27.5 Å². The standard InChI is InChI=1S/C14H19N3O2S/c1-5-9-6-10-13(20-9)16-12(7(2)3)17(14(10)19)8(4)11(15)18/h6-8H,5H2,1-4H3,(H2,15,18). The van der Waals surface area contributed by atoms with Gasteiger partial charge in [-0.15, -0.1) is 11.3 Å². The van der Waals surface area contributed by atoms with Gasteiger partial charge in [0.05, 0.1) is 5.39 Å². The Kier molecular flexibility index (Phi) is 3.94. The first-order chi connectivity index (χ1) is 9.36. The van der Waals surface area contributed by atoms with Gasteiger partial charge < -0.3 is 5.73 Å². The monoisotopic (exact) mass is 293 g/mol. The highest BCUT2D eigenvalue weighted by Crippen LogP contribution is 2.25. The molecular formula is C14H19N3O2S. The van der Waals surface area contributed by atoms with Crippen molar-refractivity contribution in [2.24, 2.45) is 5.73 Å². The molecule has 2 aromatic rings. The van der Waals surface area contributed by atoms with E-state index in [0.29, 0.717) is 11.2 Å². The molecule has 108 valence electrons. The summed E-state index contributed by atoms with van der Waals surface area (Å²) in [5.41, 5.74) is 5.18. The molecular weight excluding hydrogens is 274 g/mol. The summed E-state index contributed by atoms with van der Waals surface area (Å²) in [7, 11) is 0. The highest BCUT2D eigenvalue weighted by atomic mass is 32.1. The Morgan fingerprint density at radius 3 is 2.60 bits per heavy atom. The van der Waals surface area contributed by atoms with Crippen LogP contribution in [-0.4, -0.2) is 15.5 Å². The molecule has 2 rings (SSSR count). The van der Waals surface area contributed by atoms with Crippen LogP contribution in [0.1, 0.15) is 50.4 Å². The number of carbonyl (C=O) groups excluding carboxylic acids is 1. The number of rotatable bonds is 4. The maximum absolute atomic E-state index is 12.7. The predicted octanol–water partition coefficient (Wildman–Crippen LogP) is 2.19. The molecule has 2 N–H and O–H groups in total. The van der Waals surface area contributed by atoms with E-state index >= 15 is 0 Å². The van der Waals surface area contributed by atoms with Gasteiger partial charge in [-0.1, -0.05) is 20.8 Å². The largest absolute Gasteiger partial charge is 0.368 e. The number of hydrogen-bond donors (Lipinski definition) is 1. The SMILES string of the molecule is CCc1cc2c(=O)n(C(C)C(N)=O)c(C(C)C)nc2s1. The fourth-order valence-electron chi connectivity index (χ4n) is 2.14. The van der Waals surface area contributed by atoms with E-state index in [-0.39, 0.29) is 11.5 Å². The first kappa shape index (κ1) is 14.7. The van der Waals surface area contributed by atoms with Gasteiger partial charge in [0.2, 0.25) is 5.91 Å². The number of hydrogen-bond acceptors (Lipinski definition) is 4. The van der Waals surface area contributed by atoms with Gasteiger partial charge in [-0.3, -0.25) is 14.2 Å². The summed E-state index contributed by atoms with van der Waals surface area (Å²) in [6, 6.07) is 1.17. The van der Waals surface area contributed by atoms with Crippen LogP contribution in [0.2, 0.25) is 0 Å². The summed E-state index contributed by atoms with van der Waals surface area (Å²) in [6.45, 7) is 7.58. The molecule has 0 fully saturated rings. The van der Waals surface area contributed by atoms with Gasteiger partial charge in [-0.2, -0.15) is 0 Å². The van der Waals surface area contributed by atoms with Gasteiger partial charge in [0, 0.05) is 10.8 Å². The molecule has 0 saturated heterocycles. The van der Waals surface area contributed by atoms with Crippen LogP contribution in [0.5, 0.6) is 0 Å². The van der Waals surface area contributed by atoms with Crippen LogP contribution in [0.25, 0.3) is 10.2 Å². The van der Waals surface area contributed by atoms with Crippen LogP contribution < -0.4 is 11.3 Å². The van der Waals surface area contributed by atoms with Crippen molar-refractivity contribution in [3.63, 3.8) is 0 Å². The molecule has 0 saturated carbocycles. The third kappa shape index (κ3) is 2.35. The Balaban J connectivity index is 2.82. The van der Waals surface area contributed by atoms with E-state index in [0.717, 1.165) is 16.1 Å². The van der Waals surface area contributed by atoms with Gasteiger partial charge in [-0.05, 0) is 19.4 Å². The van der Waals surface area contributed by atoms with E-state index < -0.39 is 11.9 Å². The maximum Gasteiger partial charge on any atom is 0.263 e. The number of aryl methyl sites for hydroxylation is 1. The molecule has 0 aliphatic heterocycles. The van der Waals surface area contributed by atoms with Gasteiger partial charge in [0.25, 0.3) is 5.56 Å². The maximum atomic E-state index is 12.7. The van der Waals surface area contributed by atoms with Gasteiger partial charge >= 0.3 is 0 Å². The van der Waals surface area contributed by atoms with Crippen molar-refractivity contribution in [1.82, 2.24) is 9.55 Å². The molecule has 0 aliphatic carbocycles. The Bertz CT molecular complexity index is 715. The van der Waals surface area contributed by atoms with Gasteiger partial charge in [0.15, 0.2) is 0 Å². The zero-order valence-corrected chi connectivity index (χ0v) is 13.0. The topological polar surface area (TPSA) is 78.0 Å². The molecule has 0 radical (unpaired) electrons. The van der Waals surface area contributed by atoms with Crippen molar-refractivity contribution < 1.29 is 4.79 Å². The minimum Gasteiger partial charge on any atom is -0.368 e. The van der Waals surface area contributed by atoms with E-state index in [2.05, 4.69) is 4.98 Å². The third-order valence-electron chi connectivity index (χ3n) is 3.34. The lowest BCUT2D eigenvalue weighted by molar-refractivity contribution is -0.120. The van der Waals surface area contributed by atoms with Crippen LogP contribution in [0.15, 0.2) is 10.9 Å². The second kappa shape index (κ2) is 5.36. The van der Waals surface area contributed by atoms with Gasteiger partial charge in [0.1, 0.15) is 16.7 Å². The highest BCUT2D eigenvalue weighted by Gasteiger charge is 2.22. The van der Waals surface area contributed by atoms with E-state index in [1.54, 1.807) is 6.92 Å². The van der Waals surface area contributed by atoms with Crippen molar-refractivity contribution in [1.29, 1.82) is 0 Å². The number of fused-ring (bicyclic) bond motifs is 1. The Morgan fingerprint density at radius 1 is 1.45 bits per heavy atom. The number of nitrogens with two attached hydrogens (primary N) is 1. The number of nitrogens with zero attached hydrogens (tertiary/aromatic N) is 2. The Morgan fingerprint density at radius 2 is 2.10 bits per heavy atom. The lowest BCUT2D eigenvalue weighted by Gasteiger charge is -2.18. The summed E-state index contributed by atoms with van der Waals surface area (Å²) in [5, 5.41) is 0.573. The molecule has 5 nitrogen and oxygen atoms in total. The average Bonchev–Trinajstić information content (AvgIpc) is 2.81. The fraction of sp³-hybridized carbons (Fsp3) is 0.500. The van der Waals surface area contributed by atoms with Crippen molar-refractivity contribution in [2.75, 3.05) is 0 Å². The fourth-order valence-corrected chi connectivity index (χ4v) is 3.11. The molecule has 2 heterocycles. The van der Waals surface area contributed by atoms with Crippen molar-refractivity contribution in [3.8, 4) is 0 Å². The van der Waals surface area contributed by atoms with Crippen molar-refractivity contribution in [3.05, 3.63) is 27.1 Å². The second-order valence-electron chi connectivity index (χ2n) is 5.16. The first-order valence-corrected chi connectivity index (χ1v) is 7.52. The van der Waals surface area contributed by atoms with Crippen LogP contribution >= 0.6 is 11.3 Å². The van der Waals surface area contributed by atoms with E-state index in [9.17, 15) is 9.59 Å². The molecule has 0 aliphatic rings. The normalized spacial score (nSPS) is 13.1. The molecule has 0 aromatic carbocycles. The summed E-state index contributed by atoms with van der Waals surface area (Å²) in [5.74, 6) is 0.125. The van der Waals surface area contributed by atoms with Crippen molar-refractivity contribution in [2.45, 2.75) is 46.1 Å². The molecule has 2 aromatic heterocycles. The third-order valence-corrected chi connectivity index (χ3v) is 4.51. The molecule has 1 atom stereocenters. The summed E-state index contributed by atoms with van der Waals surface area (Å²) in [4.78, 5) is 30.5. The van der Waals surface area contributed by atoms with E-state index in [1.165, 1.54) is 15.9 Å². The summed E-state index contributed by atoms with van der Waals surface area (Å²) >= 11 is 1.53. The molecule has 1 unspecified atom stereocenters. The molecule has 6 heteroatoms. The summed E-state index contributed by atoms with van der Waals surface area (Å²) < 4.78 is 1.43. The second-order valence-corrected chi connectivity index (χ2v) is 6.28. The van der Waals surface area contributed by atoms with Crippen LogP contribution in [0.3, 0.4) is 0 Å². The quantitative estimate of drug-likeness (QED) is 0.938. The molecule has 0 bridgehead atoms. The molecule has 0 spiro atoms. The van der Waals surface area contributed by atoms with Crippen LogP contribution in [-0.2, 0) is 11.2 Å².